The fourth-order valence-corrected chi connectivity index (χ4v) is 7.02. The van der Waals surface area contributed by atoms with Crippen LogP contribution in [0.15, 0.2) is 42.5 Å². The van der Waals surface area contributed by atoms with Crippen molar-refractivity contribution in [3.63, 3.8) is 0 Å². The summed E-state index contributed by atoms with van der Waals surface area (Å²) < 4.78 is 32.2. The summed E-state index contributed by atoms with van der Waals surface area (Å²) in [5, 5.41) is 19.9. The van der Waals surface area contributed by atoms with Crippen LogP contribution in [0, 0.1) is 17.1 Å². The van der Waals surface area contributed by atoms with E-state index in [1.54, 1.807) is 43.5 Å². The number of carbonyl (C=O) groups excluding carboxylic acids is 1. The maximum Gasteiger partial charge on any atom is 0.337 e. The van der Waals surface area contributed by atoms with E-state index in [-0.39, 0.29) is 46.1 Å². The van der Waals surface area contributed by atoms with Crippen molar-refractivity contribution in [3.05, 3.63) is 75.0 Å². The van der Waals surface area contributed by atoms with E-state index in [1.807, 2.05) is 9.80 Å². The average Bonchev–Trinajstić information content (AvgIpc) is 3.10. The molecule has 3 aromatic carbocycles. The molecule has 3 aliphatic rings. The smallest absolute Gasteiger partial charge is 0.337 e. The average molecular weight is 699 g/mol. The molecule has 1 unspecified atom stereocenters. The van der Waals surface area contributed by atoms with Crippen molar-refractivity contribution in [1.82, 2.24) is 9.80 Å². The number of para-hydroxylation sites is 1. The Labute approximate surface area is 287 Å². The molecule has 0 bridgehead atoms. The first-order valence-electron chi connectivity index (χ1n) is 15.5. The number of nitriles is 1. The van der Waals surface area contributed by atoms with Crippen molar-refractivity contribution in [2.45, 2.75) is 12.6 Å². The Kier molecular flexibility index (Phi) is 10.2. The van der Waals surface area contributed by atoms with Gasteiger partial charge in [-0.3, -0.25) is 9.69 Å². The van der Waals surface area contributed by atoms with Crippen LogP contribution in [-0.2, 0) is 16.0 Å². The molecule has 14 heteroatoms. The van der Waals surface area contributed by atoms with Crippen LogP contribution < -0.4 is 14.5 Å². The minimum Gasteiger partial charge on any atom is -0.478 e. The van der Waals surface area contributed by atoms with E-state index in [2.05, 4.69) is 11.0 Å². The lowest BCUT2D eigenvalue weighted by molar-refractivity contribution is 0.0516. The van der Waals surface area contributed by atoms with Gasteiger partial charge < -0.3 is 34.0 Å². The first-order chi connectivity index (χ1) is 23.2. The Morgan fingerprint density at radius 2 is 1.81 bits per heavy atom. The fraction of sp³-hybridized carbons (Fsp3) is 0.382. The molecule has 0 aliphatic carbocycles. The highest BCUT2D eigenvalue weighted by molar-refractivity contribution is 6.40. The molecule has 0 aromatic heterocycles. The SMILES string of the molecule is COCCN1CCN(c2cc(Cl)c(C(=O)N3COc4c(cccc4-c4cc(N5CCOCC5)c(C(=O)O)cc4F)C3)c(Cl)c2)CC1C#N. The van der Waals surface area contributed by atoms with Crippen molar-refractivity contribution in [2.24, 2.45) is 0 Å². The van der Waals surface area contributed by atoms with Crippen molar-refractivity contribution < 1.29 is 33.3 Å². The number of carboxylic acids is 1. The number of aromatic carboxylic acids is 1. The van der Waals surface area contributed by atoms with Crippen molar-refractivity contribution in [2.75, 3.05) is 82.7 Å². The number of halogens is 3. The number of methoxy groups -OCH3 is 1. The maximum atomic E-state index is 15.5. The van der Waals surface area contributed by atoms with Gasteiger partial charge in [0, 0.05) is 68.8 Å². The lowest BCUT2D eigenvalue weighted by Crippen LogP contribution is -2.53. The minimum atomic E-state index is -1.22. The van der Waals surface area contributed by atoms with Gasteiger partial charge in [0.2, 0.25) is 0 Å². The Bertz CT molecular complexity index is 1740. The molecule has 1 atom stereocenters. The lowest BCUT2D eigenvalue weighted by Gasteiger charge is -2.39. The third kappa shape index (κ3) is 6.74. The summed E-state index contributed by atoms with van der Waals surface area (Å²) in [6.07, 6.45) is 0. The number of fused-ring (bicyclic) bond motifs is 1. The predicted octanol–water partition coefficient (Wildman–Crippen LogP) is 4.99. The molecule has 11 nitrogen and oxygen atoms in total. The predicted molar refractivity (Wildman–Crippen MR) is 179 cm³/mol. The van der Waals surface area contributed by atoms with E-state index in [1.165, 1.54) is 4.90 Å². The second-order valence-corrected chi connectivity index (χ2v) is 12.5. The lowest BCUT2D eigenvalue weighted by atomic mass is 9.97. The van der Waals surface area contributed by atoms with Gasteiger partial charge in [-0.25, -0.2) is 9.18 Å². The zero-order chi connectivity index (χ0) is 33.9. The van der Waals surface area contributed by atoms with Gasteiger partial charge in [-0.1, -0.05) is 41.4 Å². The normalized spacial score (nSPS) is 18.2. The summed E-state index contributed by atoms with van der Waals surface area (Å²) >= 11 is 13.4. The third-order valence-electron chi connectivity index (χ3n) is 8.90. The molecule has 1 N–H and O–H groups in total. The van der Waals surface area contributed by atoms with Crippen molar-refractivity contribution >= 4 is 46.5 Å². The van der Waals surface area contributed by atoms with E-state index < -0.39 is 17.7 Å². The Balaban J connectivity index is 1.23. The van der Waals surface area contributed by atoms with Crippen LogP contribution in [0.4, 0.5) is 15.8 Å². The number of hydrogen-bond acceptors (Lipinski definition) is 9. The summed E-state index contributed by atoms with van der Waals surface area (Å²) in [7, 11) is 1.63. The number of morpholine rings is 1. The fourth-order valence-electron chi connectivity index (χ4n) is 6.38. The Morgan fingerprint density at radius 1 is 1.06 bits per heavy atom. The van der Waals surface area contributed by atoms with Crippen LogP contribution >= 0.6 is 23.2 Å². The third-order valence-corrected chi connectivity index (χ3v) is 9.49. The van der Waals surface area contributed by atoms with Gasteiger partial charge in [0.15, 0.2) is 6.73 Å². The number of nitrogens with zero attached hydrogens (tertiary/aromatic N) is 5. The summed E-state index contributed by atoms with van der Waals surface area (Å²) in [4.78, 5) is 33.2. The summed E-state index contributed by atoms with van der Waals surface area (Å²) in [6.45, 7) is 4.77. The number of carboxylic acid groups (broad SMARTS) is 1. The summed E-state index contributed by atoms with van der Waals surface area (Å²) in [5.41, 5.74) is 2.39. The van der Waals surface area contributed by atoms with Gasteiger partial charge in [0.05, 0.1) is 59.3 Å². The summed E-state index contributed by atoms with van der Waals surface area (Å²) in [6, 6.07) is 13.2. The molecule has 3 aliphatic heterocycles. The van der Waals surface area contributed by atoms with Gasteiger partial charge in [0.25, 0.3) is 5.91 Å². The summed E-state index contributed by atoms with van der Waals surface area (Å²) in [5.74, 6) is -1.95. The molecule has 2 fully saturated rings. The highest BCUT2D eigenvalue weighted by atomic mass is 35.5. The first kappa shape index (κ1) is 33.8. The molecular formula is C34H34Cl2FN5O6. The molecule has 3 aromatic rings. The maximum absolute atomic E-state index is 15.5. The number of amides is 1. The van der Waals surface area contributed by atoms with Crippen LogP contribution in [0.5, 0.6) is 5.75 Å². The molecule has 1 amide bonds. The molecule has 0 saturated carbocycles. The van der Waals surface area contributed by atoms with Crippen molar-refractivity contribution in [3.8, 4) is 22.9 Å². The molecule has 3 heterocycles. The Hall–Kier alpha value is -4.12. The van der Waals surface area contributed by atoms with E-state index in [4.69, 9.17) is 37.4 Å². The molecule has 0 spiro atoms. The van der Waals surface area contributed by atoms with Crippen molar-refractivity contribution in [1.29, 1.82) is 5.26 Å². The number of benzene rings is 3. The Morgan fingerprint density at radius 3 is 2.50 bits per heavy atom. The van der Waals surface area contributed by atoms with Gasteiger partial charge >= 0.3 is 5.97 Å². The van der Waals surface area contributed by atoms with Gasteiger partial charge in [-0.2, -0.15) is 5.26 Å². The van der Waals surface area contributed by atoms with Crippen LogP contribution in [0.25, 0.3) is 11.1 Å². The van der Waals surface area contributed by atoms with Gasteiger partial charge in [-0.05, 0) is 24.3 Å². The molecular weight excluding hydrogens is 664 g/mol. The van der Waals surface area contributed by atoms with Gasteiger partial charge in [-0.15, -0.1) is 0 Å². The van der Waals surface area contributed by atoms with Crippen LogP contribution in [0.3, 0.4) is 0 Å². The van der Waals surface area contributed by atoms with E-state index >= 15 is 4.39 Å². The molecule has 48 heavy (non-hydrogen) atoms. The topological polar surface area (TPSA) is 119 Å². The van der Waals surface area contributed by atoms with E-state index in [0.29, 0.717) is 87.3 Å². The number of piperazine rings is 1. The van der Waals surface area contributed by atoms with E-state index in [0.717, 1.165) is 6.07 Å². The highest BCUT2D eigenvalue weighted by Gasteiger charge is 2.32. The quantitative estimate of drug-likeness (QED) is 0.345. The second kappa shape index (κ2) is 14.6. The highest BCUT2D eigenvalue weighted by Crippen LogP contribution is 2.41. The van der Waals surface area contributed by atoms with Gasteiger partial charge in [0.1, 0.15) is 17.6 Å². The zero-order valence-corrected chi connectivity index (χ0v) is 27.8. The number of anilines is 2. The standard InChI is InChI=1S/C34H34Cl2FN5O6/c1-46-10-7-39-5-6-41(19-23(39)17-38)22-13-27(35)31(28(36)14-22)33(43)42-18-21-3-2-4-24(32(21)48-20-42)25-16-30(40-8-11-47-12-9-40)26(34(44)45)15-29(25)37/h2-4,13-16,23H,5-12,18-20H2,1H3,(H,44,45). The molecule has 0 radical (unpaired) electrons. The van der Waals surface area contributed by atoms with Crippen LogP contribution in [-0.4, -0.2) is 106 Å². The van der Waals surface area contributed by atoms with Crippen LogP contribution in [0.2, 0.25) is 10.0 Å². The zero-order valence-electron chi connectivity index (χ0n) is 26.3. The molecule has 252 valence electrons. The number of ether oxygens (including phenoxy) is 3. The minimum absolute atomic E-state index is 0.130. The number of carbonyl (C=O) groups is 2. The number of rotatable bonds is 8. The monoisotopic (exact) mass is 697 g/mol. The number of hydrogen-bond donors (Lipinski definition) is 1. The van der Waals surface area contributed by atoms with E-state index in [9.17, 15) is 20.0 Å². The largest absolute Gasteiger partial charge is 0.478 e. The first-order valence-corrected chi connectivity index (χ1v) is 16.3. The molecule has 2 saturated heterocycles. The van der Waals surface area contributed by atoms with Crippen LogP contribution in [0.1, 0.15) is 26.3 Å². The molecule has 6 rings (SSSR count). The second-order valence-electron chi connectivity index (χ2n) is 11.7.